The number of amides is 2. The molecule has 0 aliphatic heterocycles. The first-order chi connectivity index (χ1) is 14.2. The molecule has 162 valence electrons. The van der Waals surface area contributed by atoms with Crippen LogP contribution in [0.5, 0.6) is 11.5 Å². The van der Waals surface area contributed by atoms with Gasteiger partial charge in [0.2, 0.25) is 0 Å². The summed E-state index contributed by atoms with van der Waals surface area (Å²) in [5, 5.41) is 2.56. The summed E-state index contributed by atoms with van der Waals surface area (Å²) >= 11 is 0. The van der Waals surface area contributed by atoms with E-state index < -0.39 is 29.7 Å². The molecule has 3 N–H and O–H groups in total. The molecule has 2 aromatic rings. The van der Waals surface area contributed by atoms with Crippen molar-refractivity contribution < 1.29 is 32.2 Å². The van der Waals surface area contributed by atoms with Crippen molar-refractivity contribution in [2.24, 2.45) is 0 Å². The van der Waals surface area contributed by atoms with Gasteiger partial charge in [0.15, 0.2) is 6.10 Å². The summed E-state index contributed by atoms with van der Waals surface area (Å²) in [6.07, 6.45) is -5.38. The Bertz CT molecular complexity index is 857. The number of carbonyl (C=O) groups excluding carboxylic acids is 2. The van der Waals surface area contributed by atoms with Crippen molar-refractivity contribution in [3.8, 4) is 11.5 Å². The highest BCUT2D eigenvalue weighted by Gasteiger charge is 2.30. The molecule has 2 rings (SSSR count). The summed E-state index contributed by atoms with van der Waals surface area (Å²) in [5.41, 5.74) is 3.66. The predicted octanol–water partition coefficient (Wildman–Crippen LogP) is 3.13. The van der Waals surface area contributed by atoms with E-state index in [9.17, 15) is 22.8 Å². The molecule has 0 spiro atoms. The van der Waals surface area contributed by atoms with Crippen LogP contribution in [0, 0.1) is 0 Å². The average molecular weight is 425 g/mol. The third kappa shape index (κ3) is 7.19. The number of hydrogen-bond acceptors (Lipinski definition) is 5. The first-order valence-electron chi connectivity index (χ1n) is 9.08. The number of alkyl halides is 3. The van der Waals surface area contributed by atoms with Gasteiger partial charge in [-0.1, -0.05) is 6.07 Å². The molecule has 0 aromatic heterocycles. The van der Waals surface area contributed by atoms with Crippen LogP contribution in [0.15, 0.2) is 48.5 Å². The van der Waals surface area contributed by atoms with Crippen molar-refractivity contribution in [1.29, 1.82) is 0 Å². The maximum absolute atomic E-state index is 12.7. The SMILES string of the molecule is CCOc1ccc(OC(C)C(=O)NNC(=O)CNc2cccc(C(F)(F)F)c2)cc1. The summed E-state index contributed by atoms with van der Waals surface area (Å²) in [6.45, 7) is 3.55. The minimum Gasteiger partial charge on any atom is -0.494 e. The smallest absolute Gasteiger partial charge is 0.416 e. The third-order valence-electron chi connectivity index (χ3n) is 3.78. The number of hydrazine groups is 1. The van der Waals surface area contributed by atoms with Crippen LogP contribution in [-0.4, -0.2) is 31.1 Å². The van der Waals surface area contributed by atoms with Gasteiger partial charge < -0.3 is 14.8 Å². The van der Waals surface area contributed by atoms with E-state index in [1.165, 1.54) is 19.1 Å². The van der Waals surface area contributed by atoms with Gasteiger partial charge >= 0.3 is 6.18 Å². The van der Waals surface area contributed by atoms with Crippen LogP contribution in [0.4, 0.5) is 18.9 Å². The van der Waals surface area contributed by atoms with Crippen LogP contribution in [0.1, 0.15) is 19.4 Å². The van der Waals surface area contributed by atoms with E-state index in [1.54, 1.807) is 24.3 Å². The summed E-state index contributed by atoms with van der Waals surface area (Å²) in [6, 6.07) is 11.1. The number of nitrogens with one attached hydrogen (secondary N) is 3. The second-order valence-corrected chi connectivity index (χ2v) is 6.13. The fourth-order valence-corrected chi connectivity index (χ4v) is 2.30. The first-order valence-corrected chi connectivity index (χ1v) is 9.08. The van der Waals surface area contributed by atoms with Gasteiger partial charge in [-0.15, -0.1) is 0 Å². The second kappa shape index (κ2) is 10.4. The minimum absolute atomic E-state index is 0.124. The number of benzene rings is 2. The van der Waals surface area contributed by atoms with E-state index >= 15 is 0 Å². The van der Waals surface area contributed by atoms with Crippen molar-refractivity contribution >= 4 is 17.5 Å². The molecule has 0 aliphatic rings. The lowest BCUT2D eigenvalue weighted by molar-refractivity contribution is -0.137. The molecule has 0 bridgehead atoms. The molecule has 2 aromatic carbocycles. The Labute approximate surface area is 171 Å². The van der Waals surface area contributed by atoms with Crippen molar-refractivity contribution in [3.05, 3.63) is 54.1 Å². The Balaban J connectivity index is 1.76. The van der Waals surface area contributed by atoms with Gasteiger partial charge in [0.25, 0.3) is 11.8 Å². The van der Waals surface area contributed by atoms with Crippen LogP contribution in [0.25, 0.3) is 0 Å². The van der Waals surface area contributed by atoms with Crippen LogP contribution >= 0.6 is 0 Å². The molecule has 10 heteroatoms. The predicted molar refractivity (Wildman–Crippen MR) is 104 cm³/mol. The van der Waals surface area contributed by atoms with Crippen LogP contribution in [0.3, 0.4) is 0 Å². The lowest BCUT2D eigenvalue weighted by atomic mass is 10.2. The molecular weight excluding hydrogens is 403 g/mol. The zero-order chi connectivity index (χ0) is 22.1. The lowest BCUT2D eigenvalue weighted by Gasteiger charge is -2.16. The van der Waals surface area contributed by atoms with E-state index in [1.807, 2.05) is 6.92 Å². The molecule has 2 amide bonds. The molecule has 30 heavy (non-hydrogen) atoms. The first kappa shape index (κ1) is 22.9. The Morgan fingerprint density at radius 1 is 1.03 bits per heavy atom. The van der Waals surface area contributed by atoms with Gasteiger partial charge in [-0.25, -0.2) is 0 Å². The highest BCUT2D eigenvalue weighted by molar-refractivity contribution is 5.86. The monoisotopic (exact) mass is 425 g/mol. The largest absolute Gasteiger partial charge is 0.494 e. The molecular formula is C20H22F3N3O4. The zero-order valence-electron chi connectivity index (χ0n) is 16.4. The quantitative estimate of drug-likeness (QED) is 0.566. The van der Waals surface area contributed by atoms with Gasteiger partial charge in [0, 0.05) is 5.69 Å². The molecule has 0 radical (unpaired) electrons. The Kier molecular flexibility index (Phi) is 7.90. The van der Waals surface area contributed by atoms with Crippen molar-refractivity contribution in [2.45, 2.75) is 26.1 Å². The fourth-order valence-electron chi connectivity index (χ4n) is 2.30. The fraction of sp³-hybridized carbons (Fsp3) is 0.300. The van der Waals surface area contributed by atoms with E-state index in [0.717, 1.165) is 12.1 Å². The summed E-state index contributed by atoms with van der Waals surface area (Å²) < 4.78 is 48.9. The van der Waals surface area contributed by atoms with Gasteiger partial charge in [-0.3, -0.25) is 20.4 Å². The number of carbonyl (C=O) groups is 2. The zero-order valence-corrected chi connectivity index (χ0v) is 16.4. The Morgan fingerprint density at radius 2 is 1.70 bits per heavy atom. The molecule has 0 saturated heterocycles. The molecule has 0 fully saturated rings. The van der Waals surface area contributed by atoms with Crippen molar-refractivity contribution in [1.82, 2.24) is 10.9 Å². The second-order valence-electron chi connectivity index (χ2n) is 6.13. The van der Waals surface area contributed by atoms with Crippen LogP contribution in [0.2, 0.25) is 0 Å². The summed E-state index contributed by atoms with van der Waals surface area (Å²) in [7, 11) is 0. The topological polar surface area (TPSA) is 88.7 Å². The normalized spacial score (nSPS) is 11.9. The van der Waals surface area contributed by atoms with Gasteiger partial charge in [0.05, 0.1) is 18.7 Å². The number of anilines is 1. The van der Waals surface area contributed by atoms with Gasteiger partial charge in [-0.05, 0) is 56.3 Å². The molecule has 0 aliphatic carbocycles. The van der Waals surface area contributed by atoms with Gasteiger partial charge in [-0.2, -0.15) is 13.2 Å². The number of hydrogen-bond donors (Lipinski definition) is 3. The standard InChI is InChI=1S/C20H22F3N3O4/c1-3-29-16-7-9-17(10-8-16)30-13(2)19(28)26-25-18(27)12-24-15-6-4-5-14(11-15)20(21,22)23/h4-11,13,24H,3,12H2,1-2H3,(H,25,27)(H,26,28). The van der Waals surface area contributed by atoms with E-state index in [4.69, 9.17) is 9.47 Å². The summed E-state index contributed by atoms with van der Waals surface area (Å²) in [5.74, 6) is -0.133. The molecule has 1 atom stereocenters. The maximum atomic E-state index is 12.7. The summed E-state index contributed by atoms with van der Waals surface area (Å²) in [4.78, 5) is 23.8. The number of ether oxygens (including phenoxy) is 2. The minimum atomic E-state index is -4.48. The molecule has 0 saturated carbocycles. The maximum Gasteiger partial charge on any atom is 0.416 e. The van der Waals surface area contributed by atoms with Crippen LogP contribution in [-0.2, 0) is 15.8 Å². The molecule has 1 unspecified atom stereocenters. The highest BCUT2D eigenvalue weighted by Crippen LogP contribution is 2.30. The molecule has 7 nitrogen and oxygen atoms in total. The number of halogens is 3. The third-order valence-corrected chi connectivity index (χ3v) is 3.78. The Morgan fingerprint density at radius 3 is 2.33 bits per heavy atom. The average Bonchev–Trinajstić information content (AvgIpc) is 2.71. The van der Waals surface area contributed by atoms with Crippen molar-refractivity contribution in [2.75, 3.05) is 18.5 Å². The molecule has 0 heterocycles. The van der Waals surface area contributed by atoms with E-state index in [0.29, 0.717) is 18.1 Å². The van der Waals surface area contributed by atoms with Crippen molar-refractivity contribution in [3.63, 3.8) is 0 Å². The van der Waals surface area contributed by atoms with E-state index in [-0.39, 0.29) is 12.2 Å². The highest BCUT2D eigenvalue weighted by atomic mass is 19.4. The van der Waals surface area contributed by atoms with Crippen LogP contribution < -0.4 is 25.6 Å². The number of rotatable bonds is 8. The lowest BCUT2D eigenvalue weighted by Crippen LogP contribution is -2.48. The van der Waals surface area contributed by atoms with Gasteiger partial charge in [0.1, 0.15) is 11.5 Å². The Hall–Kier alpha value is -3.43. The van der Waals surface area contributed by atoms with E-state index in [2.05, 4.69) is 16.2 Å².